The highest BCUT2D eigenvalue weighted by Gasteiger charge is 2.43. The Kier molecular flexibility index (Phi) is 8.60. The van der Waals surface area contributed by atoms with Crippen molar-refractivity contribution in [1.29, 1.82) is 0 Å². The van der Waals surface area contributed by atoms with Crippen LogP contribution in [0.5, 0.6) is 0 Å². The van der Waals surface area contributed by atoms with E-state index < -0.39 is 27.0 Å². The molecule has 0 saturated carbocycles. The van der Waals surface area contributed by atoms with Crippen LogP contribution >= 0.6 is 15.2 Å². The lowest BCUT2D eigenvalue weighted by molar-refractivity contribution is 0.337. The van der Waals surface area contributed by atoms with Gasteiger partial charge in [0.2, 0.25) is 0 Å². The highest BCUT2D eigenvalue weighted by molar-refractivity contribution is 7.70. The standard InChI is InChI=1S/C15H27N3O6P2/c1-12(2)6-4-7-13(3)8-5-9-18-11-14(16-17-18)10-15(25(19,20)21)26(22,23)24/h6,8,11,15H,4-5,7,9-10H2,1-3H3,(H2,19,20,21)(H2,22,23,24)/b13-8+. The lowest BCUT2D eigenvalue weighted by Gasteiger charge is -2.18. The van der Waals surface area contributed by atoms with Crippen LogP contribution in [-0.2, 0) is 22.1 Å². The van der Waals surface area contributed by atoms with Crippen LogP contribution in [0, 0.1) is 0 Å². The van der Waals surface area contributed by atoms with Gasteiger partial charge in [-0.2, -0.15) is 0 Å². The first-order valence-corrected chi connectivity index (χ1v) is 11.5. The van der Waals surface area contributed by atoms with Gasteiger partial charge in [-0.3, -0.25) is 13.8 Å². The lowest BCUT2D eigenvalue weighted by Crippen LogP contribution is -2.13. The van der Waals surface area contributed by atoms with Crippen molar-refractivity contribution in [3.05, 3.63) is 35.2 Å². The van der Waals surface area contributed by atoms with Crippen molar-refractivity contribution in [2.45, 2.75) is 58.4 Å². The van der Waals surface area contributed by atoms with Gasteiger partial charge in [-0.05, 0) is 40.0 Å². The fraction of sp³-hybridized carbons (Fsp3) is 0.600. The molecule has 0 aromatic carbocycles. The summed E-state index contributed by atoms with van der Waals surface area (Å²) in [6, 6.07) is 0. The predicted octanol–water partition coefficient (Wildman–Crippen LogP) is 2.58. The summed E-state index contributed by atoms with van der Waals surface area (Å²) >= 11 is 0. The number of rotatable bonds is 10. The van der Waals surface area contributed by atoms with E-state index >= 15 is 0 Å². The molecule has 1 rings (SSSR count). The van der Waals surface area contributed by atoms with E-state index in [-0.39, 0.29) is 5.69 Å². The zero-order valence-corrected chi connectivity index (χ0v) is 17.0. The van der Waals surface area contributed by atoms with Crippen molar-refractivity contribution < 1.29 is 28.7 Å². The molecule has 0 atom stereocenters. The molecular formula is C15H27N3O6P2. The summed E-state index contributed by atoms with van der Waals surface area (Å²) in [4.78, 5) is 36.6. The molecule has 9 nitrogen and oxygen atoms in total. The molecule has 1 aromatic heterocycles. The van der Waals surface area contributed by atoms with Crippen molar-refractivity contribution >= 4 is 15.2 Å². The largest absolute Gasteiger partial charge is 0.341 e. The van der Waals surface area contributed by atoms with Crippen LogP contribution in [0.25, 0.3) is 0 Å². The molecule has 26 heavy (non-hydrogen) atoms. The van der Waals surface area contributed by atoms with E-state index in [2.05, 4.69) is 43.2 Å². The van der Waals surface area contributed by atoms with Crippen molar-refractivity contribution in [2.75, 3.05) is 0 Å². The maximum atomic E-state index is 11.3. The Labute approximate surface area is 153 Å². The minimum absolute atomic E-state index is 0.130. The summed E-state index contributed by atoms with van der Waals surface area (Å²) in [6.07, 6.45) is 7.86. The number of nitrogens with zero attached hydrogens (tertiary/aromatic N) is 3. The van der Waals surface area contributed by atoms with E-state index in [1.165, 1.54) is 22.0 Å². The topological polar surface area (TPSA) is 146 Å². The molecule has 0 unspecified atom stereocenters. The van der Waals surface area contributed by atoms with Crippen molar-refractivity contribution in [3.63, 3.8) is 0 Å². The molecule has 0 bridgehead atoms. The van der Waals surface area contributed by atoms with E-state index in [1.54, 1.807) is 0 Å². The Morgan fingerprint density at radius 2 is 1.73 bits per heavy atom. The van der Waals surface area contributed by atoms with Crippen LogP contribution in [0.4, 0.5) is 0 Å². The average molecular weight is 407 g/mol. The maximum Gasteiger partial charge on any atom is 0.341 e. The summed E-state index contributed by atoms with van der Waals surface area (Å²) < 4.78 is 24.1. The van der Waals surface area contributed by atoms with E-state index in [9.17, 15) is 9.13 Å². The van der Waals surface area contributed by atoms with Crippen LogP contribution in [0.2, 0.25) is 0 Å². The zero-order chi connectivity index (χ0) is 20.0. The first-order valence-electron chi connectivity index (χ1n) is 8.18. The number of aromatic nitrogens is 3. The molecule has 0 fully saturated rings. The summed E-state index contributed by atoms with van der Waals surface area (Å²) in [5.74, 6) is 0. The second-order valence-corrected chi connectivity index (χ2v) is 10.5. The molecule has 0 saturated heterocycles. The van der Waals surface area contributed by atoms with E-state index in [4.69, 9.17) is 19.6 Å². The van der Waals surface area contributed by atoms with E-state index in [0.29, 0.717) is 13.0 Å². The van der Waals surface area contributed by atoms with Crippen LogP contribution in [0.1, 0.15) is 45.7 Å². The molecular weight excluding hydrogens is 380 g/mol. The number of allylic oxidation sites excluding steroid dienone is 4. The van der Waals surface area contributed by atoms with E-state index in [0.717, 1.165) is 12.8 Å². The molecule has 11 heteroatoms. The number of aryl methyl sites for hydroxylation is 1. The molecule has 0 aliphatic rings. The first kappa shape index (κ1) is 23.0. The Balaban J connectivity index is 2.61. The Morgan fingerprint density at radius 3 is 2.27 bits per heavy atom. The van der Waals surface area contributed by atoms with Gasteiger partial charge >= 0.3 is 15.2 Å². The monoisotopic (exact) mass is 407 g/mol. The highest BCUT2D eigenvalue weighted by Crippen LogP contribution is 2.60. The summed E-state index contributed by atoms with van der Waals surface area (Å²) in [5.41, 5.74) is 2.67. The van der Waals surface area contributed by atoms with Gasteiger partial charge in [0.05, 0.1) is 5.69 Å². The molecule has 4 N–H and O–H groups in total. The smallest absolute Gasteiger partial charge is 0.324 e. The highest BCUT2D eigenvalue weighted by atomic mass is 31.2. The molecule has 0 amide bonds. The molecule has 148 valence electrons. The van der Waals surface area contributed by atoms with Crippen LogP contribution in [-0.4, -0.2) is 40.0 Å². The second-order valence-electron chi connectivity index (χ2n) is 6.50. The SMILES string of the molecule is CC(C)=CCC/C(C)=C/CCn1cc(CC(P(=O)(O)O)P(=O)(O)O)nn1. The average Bonchev–Trinajstić information content (AvgIpc) is 2.89. The van der Waals surface area contributed by atoms with Crippen LogP contribution in [0.15, 0.2) is 29.5 Å². The molecule has 0 aliphatic carbocycles. The lowest BCUT2D eigenvalue weighted by atomic mass is 10.1. The molecule has 1 heterocycles. The predicted molar refractivity (Wildman–Crippen MR) is 98.6 cm³/mol. The van der Waals surface area contributed by atoms with Gasteiger partial charge in [0.15, 0.2) is 5.40 Å². The fourth-order valence-corrected chi connectivity index (χ4v) is 4.71. The number of hydrogen-bond donors (Lipinski definition) is 4. The van der Waals surface area contributed by atoms with Crippen LogP contribution < -0.4 is 0 Å². The van der Waals surface area contributed by atoms with Crippen molar-refractivity contribution in [2.24, 2.45) is 0 Å². The third-order valence-electron chi connectivity index (χ3n) is 3.70. The fourth-order valence-electron chi connectivity index (χ4n) is 2.30. The first-order chi connectivity index (χ1) is 11.9. The van der Waals surface area contributed by atoms with Crippen molar-refractivity contribution in [3.8, 4) is 0 Å². The van der Waals surface area contributed by atoms with Gasteiger partial charge in [0, 0.05) is 19.2 Å². The minimum Gasteiger partial charge on any atom is -0.324 e. The molecule has 0 radical (unpaired) electrons. The molecule has 1 aromatic rings. The number of hydrogen-bond acceptors (Lipinski definition) is 4. The minimum atomic E-state index is -4.96. The Morgan fingerprint density at radius 1 is 1.12 bits per heavy atom. The molecule has 0 spiro atoms. The van der Waals surface area contributed by atoms with Gasteiger partial charge in [-0.15, -0.1) is 5.10 Å². The summed E-state index contributed by atoms with van der Waals surface area (Å²) in [6.45, 7) is 6.69. The Hall–Kier alpha value is -1.08. The maximum absolute atomic E-state index is 11.3. The van der Waals surface area contributed by atoms with Gasteiger partial charge in [0.25, 0.3) is 0 Å². The van der Waals surface area contributed by atoms with Gasteiger partial charge in [-0.1, -0.05) is 28.5 Å². The zero-order valence-electron chi connectivity index (χ0n) is 15.2. The third-order valence-corrected chi connectivity index (χ3v) is 7.42. The van der Waals surface area contributed by atoms with E-state index in [1.807, 2.05) is 0 Å². The van der Waals surface area contributed by atoms with Crippen LogP contribution in [0.3, 0.4) is 0 Å². The third kappa shape index (κ3) is 8.54. The van der Waals surface area contributed by atoms with Gasteiger partial charge in [0.1, 0.15) is 0 Å². The molecule has 0 aliphatic heterocycles. The van der Waals surface area contributed by atoms with Gasteiger partial charge < -0.3 is 19.6 Å². The van der Waals surface area contributed by atoms with Gasteiger partial charge in [-0.25, -0.2) is 0 Å². The normalized spacial score (nSPS) is 13.3. The summed E-state index contributed by atoms with van der Waals surface area (Å²) in [7, 11) is -9.92. The van der Waals surface area contributed by atoms with Crippen molar-refractivity contribution in [1.82, 2.24) is 15.0 Å². The quantitative estimate of drug-likeness (QED) is 0.342. The Bertz CT molecular complexity index is 720. The second kappa shape index (κ2) is 9.74. The summed E-state index contributed by atoms with van der Waals surface area (Å²) in [5, 5.41) is 5.49.